The van der Waals surface area contributed by atoms with Gasteiger partial charge in [-0.05, 0) is 24.6 Å². The lowest BCUT2D eigenvalue weighted by Gasteiger charge is -2.09. The van der Waals surface area contributed by atoms with Gasteiger partial charge in [-0.2, -0.15) is 5.10 Å². The predicted octanol–water partition coefficient (Wildman–Crippen LogP) is 1.22. The number of amides is 1. The van der Waals surface area contributed by atoms with Gasteiger partial charge in [-0.3, -0.25) is 18.8 Å². The molecule has 0 fully saturated rings. The van der Waals surface area contributed by atoms with Crippen molar-refractivity contribution in [2.75, 3.05) is 5.32 Å². The van der Waals surface area contributed by atoms with Crippen molar-refractivity contribution in [1.82, 2.24) is 19.3 Å². The molecule has 0 spiro atoms. The van der Waals surface area contributed by atoms with Gasteiger partial charge in [0.25, 0.3) is 5.56 Å². The number of nitrogens with zero attached hydrogens (tertiary/aromatic N) is 4. The van der Waals surface area contributed by atoms with Crippen LogP contribution in [0, 0.1) is 12.7 Å². The Labute approximate surface area is 130 Å². The fourth-order valence-corrected chi connectivity index (χ4v) is 2.25. The Balaban J connectivity index is 1.84. The number of aryl methyl sites for hydroxylation is 2. The summed E-state index contributed by atoms with van der Waals surface area (Å²) in [5, 5.41) is 6.89. The summed E-state index contributed by atoms with van der Waals surface area (Å²) in [6.07, 6.45) is 2.71. The van der Waals surface area contributed by atoms with E-state index in [9.17, 15) is 14.0 Å². The van der Waals surface area contributed by atoms with E-state index >= 15 is 0 Å². The molecule has 2 heterocycles. The number of aromatic nitrogens is 4. The lowest BCUT2D eigenvalue weighted by molar-refractivity contribution is -0.116. The lowest BCUT2D eigenvalue weighted by Crippen LogP contribution is -2.28. The number of benzene rings is 1. The third kappa shape index (κ3) is 2.83. The van der Waals surface area contributed by atoms with Gasteiger partial charge in [0, 0.05) is 12.7 Å². The smallest absolute Gasteiger partial charge is 0.264 e. The van der Waals surface area contributed by atoms with Crippen LogP contribution >= 0.6 is 0 Å². The zero-order valence-electron chi connectivity index (χ0n) is 12.6. The van der Waals surface area contributed by atoms with Gasteiger partial charge in [0.05, 0.1) is 6.20 Å². The highest BCUT2D eigenvalue weighted by Crippen LogP contribution is 2.15. The van der Waals surface area contributed by atoms with Crippen molar-refractivity contribution in [1.29, 1.82) is 0 Å². The number of carbonyl (C=O) groups excluding carboxylic acids is 1. The standard InChI is InChI=1S/C15H14FN5O2/c1-9-3-4-10(16)5-12(9)19-13(22)7-21-8-17-14-11(15(21)23)6-18-20(14)2/h3-6,8H,7H2,1-2H3,(H,19,22). The molecule has 7 nitrogen and oxygen atoms in total. The van der Waals surface area contributed by atoms with Crippen LogP contribution in [-0.4, -0.2) is 25.2 Å². The van der Waals surface area contributed by atoms with Gasteiger partial charge in [0.15, 0.2) is 5.65 Å². The summed E-state index contributed by atoms with van der Waals surface area (Å²) < 4.78 is 15.9. The van der Waals surface area contributed by atoms with Crippen LogP contribution in [0.2, 0.25) is 0 Å². The molecule has 0 atom stereocenters. The van der Waals surface area contributed by atoms with Crippen LogP contribution in [-0.2, 0) is 18.4 Å². The molecule has 2 aromatic heterocycles. The van der Waals surface area contributed by atoms with Crippen LogP contribution in [0.4, 0.5) is 10.1 Å². The number of fused-ring (bicyclic) bond motifs is 1. The van der Waals surface area contributed by atoms with Crippen LogP contribution < -0.4 is 10.9 Å². The molecular weight excluding hydrogens is 301 g/mol. The average Bonchev–Trinajstić information content (AvgIpc) is 2.88. The molecule has 3 aromatic rings. The number of halogens is 1. The van der Waals surface area contributed by atoms with Crippen LogP contribution in [0.5, 0.6) is 0 Å². The molecule has 0 aliphatic heterocycles. The second kappa shape index (κ2) is 5.64. The quantitative estimate of drug-likeness (QED) is 0.788. The summed E-state index contributed by atoms with van der Waals surface area (Å²) in [4.78, 5) is 28.5. The minimum atomic E-state index is -0.443. The van der Waals surface area contributed by atoms with Crippen LogP contribution in [0.1, 0.15) is 5.56 Å². The Morgan fingerprint density at radius 2 is 2.17 bits per heavy atom. The first-order valence-corrected chi connectivity index (χ1v) is 6.89. The van der Waals surface area contributed by atoms with Gasteiger partial charge < -0.3 is 5.32 Å². The Hall–Kier alpha value is -3.03. The molecule has 0 saturated heterocycles. The maximum atomic E-state index is 13.2. The minimum Gasteiger partial charge on any atom is -0.324 e. The van der Waals surface area contributed by atoms with Crippen LogP contribution in [0.3, 0.4) is 0 Å². The summed E-state index contributed by atoms with van der Waals surface area (Å²) in [5.74, 6) is -0.882. The van der Waals surface area contributed by atoms with E-state index in [1.54, 1.807) is 20.0 Å². The van der Waals surface area contributed by atoms with Crippen molar-refractivity contribution in [3.05, 3.63) is 52.5 Å². The highest BCUT2D eigenvalue weighted by atomic mass is 19.1. The molecule has 1 aromatic carbocycles. The SMILES string of the molecule is Cc1ccc(F)cc1NC(=O)Cn1cnc2c(cnn2C)c1=O. The number of nitrogens with one attached hydrogen (secondary N) is 1. The van der Waals surface area contributed by atoms with E-state index < -0.39 is 11.7 Å². The van der Waals surface area contributed by atoms with E-state index in [4.69, 9.17) is 0 Å². The lowest BCUT2D eigenvalue weighted by atomic mass is 10.2. The monoisotopic (exact) mass is 315 g/mol. The van der Waals surface area contributed by atoms with Crippen LogP contribution in [0.15, 0.2) is 35.5 Å². The summed E-state index contributed by atoms with van der Waals surface area (Å²) >= 11 is 0. The number of hydrogen-bond acceptors (Lipinski definition) is 4. The van der Waals surface area contributed by atoms with E-state index in [0.717, 1.165) is 5.56 Å². The first-order chi connectivity index (χ1) is 11.0. The second-order valence-electron chi connectivity index (χ2n) is 5.19. The molecule has 8 heteroatoms. The van der Waals surface area contributed by atoms with Crippen molar-refractivity contribution in [3.8, 4) is 0 Å². The van der Waals surface area contributed by atoms with Crippen molar-refractivity contribution >= 4 is 22.6 Å². The number of carbonyl (C=O) groups is 1. The van der Waals surface area contributed by atoms with Gasteiger partial charge in [-0.15, -0.1) is 0 Å². The molecule has 0 aliphatic rings. The first kappa shape index (κ1) is 14.9. The van der Waals surface area contributed by atoms with Gasteiger partial charge in [-0.25, -0.2) is 9.37 Å². The van der Waals surface area contributed by atoms with E-state index in [2.05, 4.69) is 15.4 Å². The maximum absolute atomic E-state index is 13.2. The van der Waals surface area contributed by atoms with Crippen molar-refractivity contribution in [2.45, 2.75) is 13.5 Å². The van der Waals surface area contributed by atoms with Gasteiger partial charge in [0.1, 0.15) is 24.1 Å². The fourth-order valence-electron chi connectivity index (χ4n) is 2.25. The summed E-state index contributed by atoms with van der Waals surface area (Å²) in [5.41, 5.74) is 1.20. The molecule has 23 heavy (non-hydrogen) atoms. The highest BCUT2D eigenvalue weighted by molar-refractivity contribution is 5.91. The topological polar surface area (TPSA) is 81.8 Å². The van der Waals surface area contributed by atoms with Crippen molar-refractivity contribution < 1.29 is 9.18 Å². The molecule has 0 aliphatic carbocycles. The first-order valence-electron chi connectivity index (χ1n) is 6.89. The van der Waals surface area contributed by atoms with E-state index in [1.807, 2.05) is 0 Å². The molecule has 0 saturated carbocycles. The van der Waals surface area contributed by atoms with Crippen LogP contribution in [0.25, 0.3) is 11.0 Å². The Kier molecular flexibility index (Phi) is 3.65. The Morgan fingerprint density at radius 1 is 1.39 bits per heavy atom. The third-order valence-electron chi connectivity index (χ3n) is 3.51. The summed E-state index contributed by atoms with van der Waals surface area (Å²) in [7, 11) is 1.68. The molecule has 3 rings (SSSR count). The van der Waals surface area contributed by atoms with Crippen molar-refractivity contribution in [3.63, 3.8) is 0 Å². The third-order valence-corrected chi connectivity index (χ3v) is 3.51. The number of hydrogen-bond donors (Lipinski definition) is 1. The average molecular weight is 315 g/mol. The molecule has 1 N–H and O–H groups in total. The van der Waals surface area contributed by atoms with E-state index in [1.165, 1.54) is 33.9 Å². The van der Waals surface area contributed by atoms with Crippen molar-refractivity contribution in [2.24, 2.45) is 7.05 Å². The van der Waals surface area contributed by atoms with Gasteiger partial charge in [0.2, 0.25) is 5.91 Å². The largest absolute Gasteiger partial charge is 0.324 e. The Bertz CT molecular complexity index is 960. The Morgan fingerprint density at radius 3 is 2.96 bits per heavy atom. The second-order valence-corrected chi connectivity index (χ2v) is 5.19. The normalized spacial score (nSPS) is 10.9. The minimum absolute atomic E-state index is 0.216. The molecule has 0 unspecified atom stereocenters. The van der Waals surface area contributed by atoms with E-state index in [0.29, 0.717) is 16.7 Å². The molecular formula is C15H14FN5O2. The molecule has 1 amide bonds. The number of rotatable bonds is 3. The molecule has 0 radical (unpaired) electrons. The van der Waals surface area contributed by atoms with Gasteiger partial charge in [-0.1, -0.05) is 6.07 Å². The van der Waals surface area contributed by atoms with E-state index in [-0.39, 0.29) is 12.1 Å². The summed E-state index contributed by atoms with van der Waals surface area (Å²) in [6.45, 7) is 1.54. The zero-order chi connectivity index (χ0) is 16.6. The molecule has 118 valence electrons. The summed E-state index contributed by atoms with van der Waals surface area (Å²) in [6, 6.07) is 4.12. The fraction of sp³-hybridized carbons (Fsp3) is 0.200. The highest BCUT2D eigenvalue weighted by Gasteiger charge is 2.12. The number of anilines is 1. The maximum Gasteiger partial charge on any atom is 0.264 e. The predicted molar refractivity (Wildman–Crippen MR) is 82.5 cm³/mol. The van der Waals surface area contributed by atoms with Gasteiger partial charge >= 0.3 is 0 Å². The molecule has 0 bridgehead atoms. The zero-order valence-corrected chi connectivity index (χ0v) is 12.6.